The molecular weight excluding hydrogens is 629 g/mol. The van der Waals surface area contributed by atoms with E-state index in [4.69, 9.17) is 0 Å². The topological polar surface area (TPSA) is 8.17 Å². The predicted molar refractivity (Wildman–Crippen MR) is 221 cm³/mol. The first-order chi connectivity index (χ1) is 25.8. The molecule has 1 aromatic heterocycles. The van der Waals surface area contributed by atoms with Crippen LogP contribution in [0.1, 0.15) is 0 Å². The molecule has 0 amide bonds. The van der Waals surface area contributed by atoms with Gasteiger partial charge in [-0.15, -0.1) is 0 Å². The van der Waals surface area contributed by atoms with Gasteiger partial charge in [0.25, 0.3) is 0 Å². The van der Waals surface area contributed by atoms with Crippen molar-refractivity contribution in [1.29, 1.82) is 0 Å². The molecule has 1 heterocycles. The Morgan fingerprint density at radius 2 is 0.673 bits per heavy atom. The number of anilines is 3. The number of benzene rings is 9. The van der Waals surface area contributed by atoms with Crippen LogP contribution < -0.4 is 4.90 Å². The molecule has 0 saturated carbocycles. The van der Waals surface area contributed by atoms with E-state index < -0.39 is 0 Å². The van der Waals surface area contributed by atoms with Gasteiger partial charge in [0.2, 0.25) is 0 Å². The molecule has 10 rings (SSSR count). The van der Waals surface area contributed by atoms with Crippen LogP contribution in [0.25, 0.3) is 71.3 Å². The summed E-state index contributed by atoms with van der Waals surface area (Å²) in [6.07, 6.45) is 0. The van der Waals surface area contributed by atoms with Crippen LogP contribution in [0.3, 0.4) is 0 Å². The molecule has 2 heteroatoms. The molecule has 0 bridgehead atoms. The molecule has 0 aliphatic rings. The lowest BCUT2D eigenvalue weighted by molar-refractivity contribution is 1.17. The highest BCUT2D eigenvalue weighted by atomic mass is 15.1. The number of hydrogen-bond donors (Lipinski definition) is 0. The van der Waals surface area contributed by atoms with Gasteiger partial charge in [0, 0.05) is 38.6 Å². The van der Waals surface area contributed by atoms with E-state index in [1.54, 1.807) is 0 Å². The molecule has 10 aromatic rings. The maximum absolute atomic E-state index is 2.45. The van der Waals surface area contributed by atoms with Crippen LogP contribution in [-0.4, -0.2) is 4.57 Å². The molecule has 0 fully saturated rings. The zero-order valence-corrected chi connectivity index (χ0v) is 28.5. The van der Waals surface area contributed by atoms with Crippen molar-refractivity contribution in [3.8, 4) is 27.9 Å². The zero-order valence-electron chi connectivity index (χ0n) is 28.5. The van der Waals surface area contributed by atoms with Crippen LogP contribution in [0.2, 0.25) is 0 Å². The number of fused-ring (bicyclic) bond motifs is 5. The molecule has 0 aliphatic carbocycles. The number of aromatic nitrogens is 1. The van der Waals surface area contributed by atoms with Crippen LogP contribution in [0.4, 0.5) is 17.1 Å². The van der Waals surface area contributed by atoms with Crippen molar-refractivity contribution >= 4 is 60.4 Å². The van der Waals surface area contributed by atoms with Crippen molar-refractivity contribution in [3.05, 3.63) is 206 Å². The number of para-hydroxylation sites is 2. The molecule has 0 atom stereocenters. The van der Waals surface area contributed by atoms with Crippen LogP contribution >= 0.6 is 0 Å². The van der Waals surface area contributed by atoms with E-state index in [9.17, 15) is 0 Å². The molecular formula is C50H34N2. The van der Waals surface area contributed by atoms with Gasteiger partial charge >= 0.3 is 0 Å². The number of rotatable bonds is 6. The summed E-state index contributed by atoms with van der Waals surface area (Å²) in [4.78, 5) is 2.45. The van der Waals surface area contributed by atoms with E-state index in [1.165, 1.54) is 71.3 Å². The normalized spacial score (nSPS) is 11.5. The first-order valence-corrected chi connectivity index (χ1v) is 17.9. The molecule has 9 aromatic carbocycles. The van der Waals surface area contributed by atoms with Crippen molar-refractivity contribution in [2.75, 3.05) is 4.90 Å². The van der Waals surface area contributed by atoms with Gasteiger partial charge in [0.05, 0.1) is 16.7 Å². The van der Waals surface area contributed by atoms with Crippen LogP contribution in [-0.2, 0) is 0 Å². The van der Waals surface area contributed by atoms with Gasteiger partial charge in [-0.3, -0.25) is 0 Å². The fourth-order valence-electron chi connectivity index (χ4n) is 8.05. The van der Waals surface area contributed by atoms with E-state index in [1.807, 2.05) is 0 Å². The summed E-state index contributed by atoms with van der Waals surface area (Å²) in [5.74, 6) is 0. The highest BCUT2D eigenvalue weighted by molar-refractivity contribution is 6.22. The monoisotopic (exact) mass is 662 g/mol. The maximum Gasteiger partial charge on any atom is 0.0618 e. The van der Waals surface area contributed by atoms with E-state index in [0.717, 1.165) is 17.1 Å². The smallest absolute Gasteiger partial charge is 0.0618 e. The van der Waals surface area contributed by atoms with E-state index in [2.05, 4.69) is 216 Å². The molecule has 0 spiro atoms. The Balaban J connectivity index is 1.22. The number of hydrogen-bond acceptors (Lipinski definition) is 1. The van der Waals surface area contributed by atoms with Crippen molar-refractivity contribution in [3.63, 3.8) is 0 Å². The molecule has 244 valence electrons. The van der Waals surface area contributed by atoms with Gasteiger partial charge in [-0.1, -0.05) is 158 Å². The average molecular weight is 663 g/mol. The summed E-state index contributed by atoms with van der Waals surface area (Å²) in [5, 5.41) is 7.40. The highest BCUT2D eigenvalue weighted by Gasteiger charge is 2.22. The fourth-order valence-corrected chi connectivity index (χ4v) is 8.05. The summed E-state index contributed by atoms with van der Waals surface area (Å²) in [7, 11) is 0. The third-order valence-electron chi connectivity index (χ3n) is 10.4. The van der Waals surface area contributed by atoms with E-state index in [0.29, 0.717) is 0 Å². The maximum atomic E-state index is 2.45. The molecule has 2 nitrogen and oxygen atoms in total. The summed E-state index contributed by atoms with van der Waals surface area (Å²) >= 11 is 0. The molecule has 0 radical (unpaired) electrons. The third kappa shape index (κ3) is 4.88. The summed E-state index contributed by atoms with van der Waals surface area (Å²) in [5.41, 5.74) is 11.8. The summed E-state index contributed by atoms with van der Waals surface area (Å²) < 4.78 is 2.38. The predicted octanol–water partition coefficient (Wildman–Crippen LogP) is 13.9. The molecule has 0 N–H and O–H groups in total. The van der Waals surface area contributed by atoms with Gasteiger partial charge in [0.15, 0.2) is 0 Å². The second-order valence-corrected chi connectivity index (χ2v) is 13.3. The Hall–Kier alpha value is -6.90. The standard InChI is InChI=1S/C50H34N2/c1-3-15-35(16-4-1)36-27-29-38(30-28-36)51(39-31-33-40(34-32-39)52-47-25-13-11-19-41(47)42-20-12-14-26-48(42)52)50-45-23-9-7-21-43(45)49(37-17-5-2-6-18-37)44-22-8-10-24-46(44)50/h1-34H. The van der Waals surface area contributed by atoms with Gasteiger partial charge in [0.1, 0.15) is 0 Å². The van der Waals surface area contributed by atoms with Gasteiger partial charge < -0.3 is 9.47 Å². The Morgan fingerprint density at radius 1 is 0.288 bits per heavy atom. The highest BCUT2D eigenvalue weighted by Crippen LogP contribution is 2.48. The fraction of sp³-hybridized carbons (Fsp3) is 0. The van der Waals surface area contributed by atoms with Crippen LogP contribution in [0.15, 0.2) is 206 Å². The lowest BCUT2D eigenvalue weighted by atomic mass is 9.90. The molecule has 0 unspecified atom stereocenters. The first-order valence-electron chi connectivity index (χ1n) is 17.9. The second-order valence-electron chi connectivity index (χ2n) is 13.3. The minimum atomic E-state index is 1.10. The van der Waals surface area contributed by atoms with Crippen molar-refractivity contribution in [1.82, 2.24) is 4.57 Å². The van der Waals surface area contributed by atoms with Gasteiger partial charge in [-0.2, -0.15) is 0 Å². The lowest BCUT2D eigenvalue weighted by Crippen LogP contribution is -2.12. The van der Waals surface area contributed by atoms with Crippen molar-refractivity contribution in [2.45, 2.75) is 0 Å². The molecule has 0 aliphatic heterocycles. The number of nitrogens with zero attached hydrogens (tertiary/aromatic N) is 2. The lowest BCUT2D eigenvalue weighted by Gasteiger charge is -2.30. The van der Waals surface area contributed by atoms with Crippen molar-refractivity contribution < 1.29 is 0 Å². The second kappa shape index (κ2) is 12.5. The van der Waals surface area contributed by atoms with Crippen molar-refractivity contribution in [2.24, 2.45) is 0 Å². The summed E-state index contributed by atoms with van der Waals surface area (Å²) in [6, 6.07) is 74.6. The summed E-state index contributed by atoms with van der Waals surface area (Å²) in [6.45, 7) is 0. The Kier molecular flexibility index (Phi) is 7.18. The third-order valence-corrected chi connectivity index (χ3v) is 10.4. The minimum absolute atomic E-state index is 1.10. The Morgan fingerprint density at radius 3 is 1.19 bits per heavy atom. The van der Waals surface area contributed by atoms with Crippen LogP contribution in [0.5, 0.6) is 0 Å². The van der Waals surface area contributed by atoms with E-state index >= 15 is 0 Å². The largest absolute Gasteiger partial charge is 0.309 e. The first kappa shape index (κ1) is 30.0. The minimum Gasteiger partial charge on any atom is -0.309 e. The Labute approximate surface area is 303 Å². The zero-order chi connectivity index (χ0) is 34.4. The van der Waals surface area contributed by atoms with E-state index in [-0.39, 0.29) is 0 Å². The molecule has 52 heavy (non-hydrogen) atoms. The average Bonchev–Trinajstić information content (AvgIpc) is 3.56. The molecule has 0 saturated heterocycles. The van der Waals surface area contributed by atoms with Gasteiger partial charge in [-0.25, -0.2) is 0 Å². The van der Waals surface area contributed by atoms with Crippen LogP contribution in [0, 0.1) is 0 Å². The van der Waals surface area contributed by atoms with Gasteiger partial charge in [-0.05, 0) is 81.6 Å². The quantitative estimate of drug-likeness (QED) is 0.161. The SMILES string of the molecule is c1ccc(-c2ccc(N(c3ccc(-n4c5ccccc5c5ccccc54)cc3)c3c4ccccc4c(-c4ccccc4)c4ccccc34)cc2)cc1. The Bertz CT molecular complexity index is 2760.